The number of benzene rings is 1. The molecule has 1 aromatic rings. The summed E-state index contributed by atoms with van der Waals surface area (Å²) in [6.45, 7) is 7.39. The summed E-state index contributed by atoms with van der Waals surface area (Å²) in [5.41, 5.74) is 0.331. The second-order valence-electron chi connectivity index (χ2n) is 8.05. The average molecular weight is 406 g/mol. The van der Waals surface area contributed by atoms with Gasteiger partial charge in [0, 0.05) is 13.0 Å². The number of nitrogens with zero attached hydrogens (tertiary/aromatic N) is 1. The molecular weight excluding hydrogens is 376 g/mol. The number of rotatable bonds is 6. The molecule has 3 atom stereocenters. The van der Waals surface area contributed by atoms with Crippen molar-refractivity contribution in [2.75, 3.05) is 13.7 Å². The third kappa shape index (κ3) is 6.74. The first-order valence-corrected chi connectivity index (χ1v) is 9.64. The molecule has 1 heterocycles. The summed E-state index contributed by atoms with van der Waals surface area (Å²) in [5, 5.41) is 2.52. The molecule has 8 heteroatoms. The highest BCUT2D eigenvalue weighted by atomic mass is 16.6. The van der Waals surface area contributed by atoms with Crippen molar-refractivity contribution in [3.8, 4) is 0 Å². The van der Waals surface area contributed by atoms with Crippen molar-refractivity contribution >= 4 is 18.0 Å². The van der Waals surface area contributed by atoms with Crippen LogP contribution in [0.4, 0.5) is 4.79 Å². The molecule has 0 bridgehead atoms. The van der Waals surface area contributed by atoms with Crippen LogP contribution in [0, 0.1) is 0 Å². The number of carbonyl (C=O) groups excluding carboxylic acids is 3. The number of likely N-dealkylation sites (tertiary alicyclic amines) is 1. The number of ether oxygens (including phenoxy) is 3. The summed E-state index contributed by atoms with van der Waals surface area (Å²) >= 11 is 0. The molecule has 0 aliphatic carbocycles. The second kappa shape index (κ2) is 9.73. The molecule has 8 nitrogen and oxygen atoms in total. The van der Waals surface area contributed by atoms with Crippen molar-refractivity contribution in [3.63, 3.8) is 0 Å². The van der Waals surface area contributed by atoms with Gasteiger partial charge in [0.25, 0.3) is 0 Å². The average Bonchev–Trinajstić information content (AvgIpc) is 3.08. The quantitative estimate of drug-likeness (QED) is 0.729. The minimum atomic E-state index is -0.857. The molecule has 0 spiro atoms. The lowest BCUT2D eigenvalue weighted by molar-refractivity contribution is -0.151. The van der Waals surface area contributed by atoms with Gasteiger partial charge in [-0.1, -0.05) is 30.3 Å². The van der Waals surface area contributed by atoms with Crippen molar-refractivity contribution in [1.29, 1.82) is 0 Å². The standard InChI is InChI=1S/C21H30N2O6/c1-14(22-20(26)29-21(2,3)4)18(24)23-12-16(11-17(23)19(25)27-5)28-13-15-9-7-6-8-10-15/h6-10,14,16-17H,11-13H2,1-5H3,(H,22,26)/t14-,16?,17-/m0/s1. The monoisotopic (exact) mass is 406 g/mol. The maximum Gasteiger partial charge on any atom is 0.408 e. The second-order valence-corrected chi connectivity index (χ2v) is 8.05. The Morgan fingerprint density at radius 3 is 2.45 bits per heavy atom. The van der Waals surface area contributed by atoms with Gasteiger partial charge in [0.05, 0.1) is 19.8 Å². The molecule has 29 heavy (non-hydrogen) atoms. The van der Waals surface area contributed by atoms with E-state index in [0.717, 1.165) is 5.56 Å². The van der Waals surface area contributed by atoms with Crippen LogP contribution in [0.2, 0.25) is 0 Å². The Labute approximate surface area is 171 Å². The number of alkyl carbamates (subject to hydrolysis) is 1. The largest absolute Gasteiger partial charge is 0.467 e. The fourth-order valence-corrected chi connectivity index (χ4v) is 3.10. The van der Waals surface area contributed by atoms with Crippen molar-refractivity contribution in [2.24, 2.45) is 0 Å². The Kier molecular flexibility index (Phi) is 7.61. The van der Waals surface area contributed by atoms with Crippen LogP contribution in [0.3, 0.4) is 0 Å². The van der Waals surface area contributed by atoms with E-state index in [4.69, 9.17) is 14.2 Å². The summed E-state index contributed by atoms with van der Waals surface area (Å²) in [6.07, 6.45) is -0.661. The van der Waals surface area contributed by atoms with Crippen molar-refractivity contribution in [2.45, 2.75) is 64.5 Å². The van der Waals surface area contributed by atoms with Crippen molar-refractivity contribution < 1.29 is 28.6 Å². The lowest BCUT2D eigenvalue weighted by atomic mass is 10.2. The summed E-state index contributed by atoms with van der Waals surface area (Å²) in [5.74, 6) is -0.898. The summed E-state index contributed by atoms with van der Waals surface area (Å²) in [6, 6.07) is 8.05. The van der Waals surface area contributed by atoms with E-state index in [-0.39, 0.29) is 12.6 Å². The number of hydrogen-bond donors (Lipinski definition) is 1. The molecule has 2 rings (SSSR count). The van der Waals surface area contributed by atoms with Crippen LogP contribution in [0.15, 0.2) is 30.3 Å². The van der Waals surface area contributed by atoms with E-state index >= 15 is 0 Å². The van der Waals surface area contributed by atoms with Crippen LogP contribution in [-0.4, -0.2) is 60.3 Å². The van der Waals surface area contributed by atoms with Gasteiger partial charge < -0.3 is 24.4 Å². The Bertz CT molecular complexity index is 716. The number of amides is 2. The van der Waals surface area contributed by atoms with E-state index in [2.05, 4.69) is 5.32 Å². The van der Waals surface area contributed by atoms with Crippen molar-refractivity contribution in [3.05, 3.63) is 35.9 Å². The highest BCUT2D eigenvalue weighted by molar-refractivity contribution is 5.90. The lowest BCUT2D eigenvalue weighted by Crippen LogP contribution is -2.51. The number of hydrogen-bond acceptors (Lipinski definition) is 6. The normalized spacial score (nSPS) is 20.1. The third-order valence-electron chi connectivity index (χ3n) is 4.45. The van der Waals surface area contributed by atoms with Crippen LogP contribution < -0.4 is 5.32 Å². The van der Waals surface area contributed by atoms with Gasteiger partial charge >= 0.3 is 12.1 Å². The first kappa shape index (κ1) is 22.7. The Balaban J connectivity index is 2.00. The predicted molar refractivity (Wildman–Crippen MR) is 106 cm³/mol. The fraction of sp³-hybridized carbons (Fsp3) is 0.571. The first-order chi connectivity index (χ1) is 13.6. The molecule has 160 valence electrons. The smallest absolute Gasteiger partial charge is 0.408 e. The SMILES string of the molecule is COC(=O)[C@@H]1CC(OCc2ccccc2)CN1C(=O)[C@H](C)NC(=O)OC(C)(C)C. The maximum atomic E-state index is 12.9. The van der Waals surface area contributed by atoms with Gasteiger partial charge in [-0.25, -0.2) is 9.59 Å². The number of esters is 1. The molecule has 1 saturated heterocycles. The molecule has 1 aliphatic rings. The first-order valence-electron chi connectivity index (χ1n) is 9.64. The molecule has 0 saturated carbocycles. The maximum absolute atomic E-state index is 12.9. The summed E-state index contributed by atoms with van der Waals surface area (Å²) < 4.78 is 15.9. The van der Waals surface area contributed by atoms with Gasteiger partial charge in [-0.15, -0.1) is 0 Å². The number of methoxy groups -OCH3 is 1. The molecule has 1 unspecified atom stereocenters. The Hall–Kier alpha value is -2.61. The molecule has 1 aliphatic heterocycles. The zero-order valence-corrected chi connectivity index (χ0v) is 17.6. The van der Waals surface area contributed by atoms with E-state index in [9.17, 15) is 14.4 Å². The highest BCUT2D eigenvalue weighted by Crippen LogP contribution is 2.23. The van der Waals surface area contributed by atoms with Gasteiger partial charge in [-0.05, 0) is 33.3 Å². The van der Waals surface area contributed by atoms with Crippen LogP contribution in [0.5, 0.6) is 0 Å². The van der Waals surface area contributed by atoms with Gasteiger partial charge in [0.2, 0.25) is 5.91 Å². The van der Waals surface area contributed by atoms with Gasteiger partial charge in [-0.3, -0.25) is 4.79 Å². The van der Waals surface area contributed by atoms with E-state index in [0.29, 0.717) is 13.0 Å². The van der Waals surface area contributed by atoms with Crippen LogP contribution in [0.1, 0.15) is 39.7 Å². The predicted octanol–water partition coefficient (Wildman–Crippen LogP) is 2.26. The molecule has 1 aromatic carbocycles. The van der Waals surface area contributed by atoms with E-state index in [1.807, 2.05) is 30.3 Å². The summed E-state index contributed by atoms with van der Waals surface area (Å²) in [7, 11) is 1.28. The fourth-order valence-electron chi connectivity index (χ4n) is 3.10. The minimum absolute atomic E-state index is 0.242. The van der Waals surface area contributed by atoms with Gasteiger partial charge in [-0.2, -0.15) is 0 Å². The van der Waals surface area contributed by atoms with Crippen LogP contribution in [-0.2, 0) is 30.4 Å². The minimum Gasteiger partial charge on any atom is -0.467 e. The van der Waals surface area contributed by atoms with E-state index in [1.54, 1.807) is 27.7 Å². The number of carbonyl (C=O) groups is 3. The molecule has 2 amide bonds. The van der Waals surface area contributed by atoms with E-state index in [1.165, 1.54) is 12.0 Å². The Morgan fingerprint density at radius 2 is 1.86 bits per heavy atom. The lowest BCUT2D eigenvalue weighted by Gasteiger charge is -2.27. The third-order valence-corrected chi connectivity index (χ3v) is 4.45. The molecule has 0 radical (unpaired) electrons. The van der Waals surface area contributed by atoms with Crippen molar-refractivity contribution in [1.82, 2.24) is 10.2 Å². The zero-order valence-electron chi connectivity index (χ0n) is 17.6. The van der Waals surface area contributed by atoms with Gasteiger partial charge in [0.15, 0.2) is 0 Å². The molecule has 0 aromatic heterocycles. The molecule has 1 fully saturated rings. The van der Waals surface area contributed by atoms with E-state index < -0.39 is 35.7 Å². The van der Waals surface area contributed by atoms with Crippen LogP contribution in [0.25, 0.3) is 0 Å². The topological polar surface area (TPSA) is 94.2 Å². The van der Waals surface area contributed by atoms with Crippen LogP contribution >= 0.6 is 0 Å². The zero-order chi connectivity index (χ0) is 21.6. The molecule has 1 N–H and O–H groups in total. The number of nitrogens with one attached hydrogen (secondary N) is 1. The summed E-state index contributed by atoms with van der Waals surface area (Å²) in [4.78, 5) is 38.5. The Morgan fingerprint density at radius 1 is 1.21 bits per heavy atom. The highest BCUT2D eigenvalue weighted by Gasteiger charge is 2.42. The van der Waals surface area contributed by atoms with Gasteiger partial charge in [0.1, 0.15) is 17.7 Å². The molecular formula is C21H30N2O6.